The van der Waals surface area contributed by atoms with Gasteiger partial charge in [-0.3, -0.25) is 4.79 Å². The molecule has 5 heteroatoms. The Morgan fingerprint density at radius 3 is 2.71 bits per heavy atom. The molecule has 0 unspecified atom stereocenters. The van der Waals surface area contributed by atoms with Crippen LogP contribution in [0.5, 0.6) is 0 Å². The Labute approximate surface area is 79.6 Å². The van der Waals surface area contributed by atoms with Crippen molar-refractivity contribution in [2.75, 3.05) is 6.67 Å². The molecule has 14 heavy (non-hydrogen) atoms. The summed E-state index contributed by atoms with van der Waals surface area (Å²) in [5.74, 6) is -1.29. The first-order valence-corrected chi connectivity index (χ1v) is 4.07. The molecule has 0 saturated carbocycles. The van der Waals surface area contributed by atoms with Crippen molar-refractivity contribution in [1.29, 1.82) is 0 Å². The standard InChI is InChI=1S/C9H10FNO3/c1-6-2-3-7(9(13)14)8(12)11(6)5-4-10/h2-3H,4-5H2,1H3,(H,13,14). The molecular weight excluding hydrogens is 189 g/mol. The third kappa shape index (κ3) is 1.81. The summed E-state index contributed by atoms with van der Waals surface area (Å²) in [5.41, 5.74) is -0.433. The summed E-state index contributed by atoms with van der Waals surface area (Å²) in [4.78, 5) is 22.0. The van der Waals surface area contributed by atoms with Crippen LogP contribution in [-0.4, -0.2) is 22.3 Å². The summed E-state index contributed by atoms with van der Waals surface area (Å²) in [6.07, 6.45) is 0. The number of aromatic carboxylic acids is 1. The third-order valence-corrected chi connectivity index (χ3v) is 1.93. The normalized spacial score (nSPS) is 10.1. The van der Waals surface area contributed by atoms with Gasteiger partial charge in [0.25, 0.3) is 5.56 Å². The molecule has 0 amide bonds. The third-order valence-electron chi connectivity index (χ3n) is 1.93. The lowest BCUT2D eigenvalue weighted by molar-refractivity contribution is 0.0694. The van der Waals surface area contributed by atoms with Crippen LogP contribution in [0.4, 0.5) is 4.39 Å². The van der Waals surface area contributed by atoms with E-state index in [1.807, 2.05) is 0 Å². The molecule has 0 bridgehead atoms. The fourth-order valence-electron chi connectivity index (χ4n) is 1.20. The monoisotopic (exact) mass is 199 g/mol. The van der Waals surface area contributed by atoms with Crippen LogP contribution in [0.1, 0.15) is 16.1 Å². The first-order chi connectivity index (χ1) is 6.57. The number of aromatic nitrogens is 1. The second-order valence-corrected chi connectivity index (χ2v) is 2.84. The molecule has 0 aliphatic heterocycles. The lowest BCUT2D eigenvalue weighted by atomic mass is 10.2. The second-order valence-electron chi connectivity index (χ2n) is 2.84. The van der Waals surface area contributed by atoms with Gasteiger partial charge in [0.2, 0.25) is 0 Å². The van der Waals surface area contributed by atoms with Crippen molar-refractivity contribution >= 4 is 5.97 Å². The van der Waals surface area contributed by atoms with Crippen LogP contribution in [-0.2, 0) is 6.54 Å². The van der Waals surface area contributed by atoms with Crippen molar-refractivity contribution in [2.45, 2.75) is 13.5 Å². The highest BCUT2D eigenvalue weighted by Gasteiger charge is 2.11. The molecule has 0 atom stereocenters. The van der Waals surface area contributed by atoms with Gasteiger partial charge in [0.15, 0.2) is 0 Å². The molecule has 76 valence electrons. The fourth-order valence-corrected chi connectivity index (χ4v) is 1.20. The number of alkyl halides is 1. The molecule has 1 rings (SSSR count). The molecule has 1 N–H and O–H groups in total. The van der Waals surface area contributed by atoms with Gasteiger partial charge in [-0.05, 0) is 19.1 Å². The molecule has 0 aliphatic rings. The van der Waals surface area contributed by atoms with E-state index in [4.69, 9.17) is 5.11 Å². The number of carboxylic acids is 1. The van der Waals surface area contributed by atoms with E-state index in [0.29, 0.717) is 5.69 Å². The molecular formula is C9H10FNO3. The highest BCUT2D eigenvalue weighted by molar-refractivity contribution is 5.87. The quantitative estimate of drug-likeness (QED) is 0.784. The van der Waals surface area contributed by atoms with E-state index in [1.165, 1.54) is 12.1 Å². The highest BCUT2D eigenvalue weighted by Crippen LogP contribution is 1.98. The molecule has 0 spiro atoms. The average Bonchev–Trinajstić information content (AvgIpc) is 2.11. The van der Waals surface area contributed by atoms with Gasteiger partial charge >= 0.3 is 5.97 Å². The Morgan fingerprint density at radius 1 is 1.57 bits per heavy atom. The minimum absolute atomic E-state index is 0.105. The molecule has 0 aromatic carbocycles. The molecule has 4 nitrogen and oxygen atoms in total. The number of halogens is 1. The summed E-state index contributed by atoms with van der Waals surface area (Å²) < 4.78 is 13.2. The summed E-state index contributed by atoms with van der Waals surface area (Å²) in [5, 5.41) is 8.64. The van der Waals surface area contributed by atoms with Crippen molar-refractivity contribution in [3.63, 3.8) is 0 Å². The van der Waals surface area contributed by atoms with Crippen molar-refractivity contribution < 1.29 is 14.3 Å². The van der Waals surface area contributed by atoms with Crippen LogP contribution in [0.25, 0.3) is 0 Å². The van der Waals surface area contributed by atoms with E-state index >= 15 is 0 Å². The number of nitrogens with zero attached hydrogens (tertiary/aromatic N) is 1. The molecule has 0 saturated heterocycles. The Bertz CT molecular complexity index is 411. The van der Waals surface area contributed by atoms with Crippen LogP contribution < -0.4 is 5.56 Å². The fraction of sp³-hybridized carbons (Fsp3) is 0.333. The Morgan fingerprint density at radius 2 is 2.21 bits per heavy atom. The SMILES string of the molecule is Cc1ccc(C(=O)O)c(=O)n1CCF. The number of hydrogen-bond donors (Lipinski definition) is 1. The highest BCUT2D eigenvalue weighted by atomic mass is 19.1. The van der Waals surface area contributed by atoms with Crippen LogP contribution in [0.2, 0.25) is 0 Å². The van der Waals surface area contributed by atoms with Gasteiger partial charge in [-0.1, -0.05) is 0 Å². The molecule has 0 radical (unpaired) electrons. The minimum atomic E-state index is -1.29. The molecule has 1 heterocycles. The topological polar surface area (TPSA) is 59.3 Å². The van der Waals surface area contributed by atoms with Gasteiger partial charge < -0.3 is 9.67 Å². The van der Waals surface area contributed by atoms with Crippen LogP contribution in [0.15, 0.2) is 16.9 Å². The van der Waals surface area contributed by atoms with Gasteiger partial charge in [0.1, 0.15) is 12.2 Å². The first-order valence-electron chi connectivity index (χ1n) is 4.07. The molecule has 1 aromatic rings. The van der Waals surface area contributed by atoms with E-state index in [-0.39, 0.29) is 12.1 Å². The Balaban J connectivity index is 3.34. The van der Waals surface area contributed by atoms with E-state index in [9.17, 15) is 14.0 Å². The number of carbonyl (C=O) groups is 1. The lowest BCUT2D eigenvalue weighted by Crippen LogP contribution is -2.28. The first kappa shape index (κ1) is 10.4. The Kier molecular flexibility index (Phi) is 3.01. The zero-order valence-electron chi connectivity index (χ0n) is 7.66. The summed E-state index contributed by atoms with van der Waals surface area (Å²) in [6.45, 7) is 0.832. The van der Waals surface area contributed by atoms with Gasteiger partial charge in [-0.2, -0.15) is 0 Å². The summed E-state index contributed by atoms with van der Waals surface area (Å²) in [7, 11) is 0. The number of rotatable bonds is 3. The smallest absolute Gasteiger partial charge is 0.341 e. The van der Waals surface area contributed by atoms with Crippen molar-refractivity contribution in [3.05, 3.63) is 33.7 Å². The number of hydrogen-bond acceptors (Lipinski definition) is 2. The summed E-state index contributed by atoms with van der Waals surface area (Å²) >= 11 is 0. The van der Waals surface area contributed by atoms with Gasteiger partial charge in [-0.25, -0.2) is 9.18 Å². The largest absolute Gasteiger partial charge is 0.477 e. The zero-order valence-corrected chi connectivity index (χ0v) is 7.66. The number of carboxylic acid groups (broad SMARTS) is 1. The van der Waals surface area contributed by atoms with Crippen LogP contribution >= 0.6 is 0 Å². The zero-order chi connectivity index (χ0) is 10.7. The minimum Gasteiger partial charge on any atom is -0.477 e. The second kappa shape index (κ2) is 4.04. The van der Waals surface area contributed by atoms with Crippen LogP contribution in [0, 0.1) is 6.92 Å². The molecule has 0 fully saturated rings. The predicted octanol–water partition coefficient (Wildman–Crippen LogP) is 0.824. The van der Waals surface area contributed by atoms with E-state index in [1.54, 1.807) is 6.92 Å². The van der Waals surface area contributed by atoms with Gasteiger partial charge in [0.05, 0.1) is 6.54 Å². The molecule has 0 aliphatic carbocycles. The van der Waals surface area contributed by atoms with Gasteiger partial charge in [0, 0.05) is 5.69 Å². The lowest BCUT2D eigenvalue weighted by Gasteiger charge is -2.07. The van der Waals surface area contributed by atoms with Gasteiger partial charge in [-0.15, -0.1) is 0 Å². The van der Waals surface area contributed by atoms with Crippen LogP contribution in [0.3, 0.4) is 0 Å². The average molecular weight is 199 g/mol. The van der Waals surface area contributed by atoms with E-state index in [0.717, 1.165) is 4.57 Å². The van der Waals surface area contributed by atoms with E-state index < -0.39 is 18.2 Å². The van der Waals surface area contributed by atoms with Crippen molar-refractivity contribution in [1.82, 2.24) is 4.57 Å². The number of pyridine rings is 1. The maximum Gasteiger partial charge on any atom is 0.341 e. The predicted molar refractivity (Wildman–Crippen MR) is 48.4 cm³/mol. The van der Waals surface area contributed by atoms with Crippen molar-refractivity contribution in [2.24, 2.45) is 0 Å². The maximum absolute atomic E-state index is 12.1. The van der Waals surface area contributed by atoms with E-state index in [2.05, 4.69) is 0 Å². The maximum atomic E-state index is 12.1. The summed E-state index contributed by atoms with van der Waals surface area (Å²) in [6, 6.07) is 2.72. The molecule has 1 aromatic heterocycles. The number of aryl methyl sites for hydroxylation is 1. The Hall–Kier alpha value is -1.65. The van der Waals surface area contributed by atoms with Crippen molar-refractivity contribution in [3.8, 4) is 0 Å².